The van der Waals surface area contributed by atoms with E-state index in [1.165, 1.54) is 41.3 Å². The zero-order valence-corrected chi connectivity index (χ0v) is 27.5. The molecule has 7 nitrogen and oxygen atoms in total. The van der Waals surface area contributed by atoms with Crippen LogP contribution in [0.5, 0.6) is 5.75 Å². The van der Waals surface area contributed by atoms with Gasteiger partial charge in [0.2, 0.25) is 5.91 Å². The van der Waals surface area contributed by atoms with Crippen molar-refractivity contribution in [1.29, 1.82) is 0 Å². The molecule has 2 heterocycles. The first-order valence-electron chi connectivity index (χ1n) is 15.6. The van der Waals surface area contributed by atoms with Gasteiger partial charge in [-0.25, -0.2) is 14.1 Å². The number of alkyl halides is 3. The van der Waals surface area contributed by atoms with Crippen LogP contribution in [0.3, 0.4) is 0 Å². The minimum absolute atomic E-state index is 0.122. The number of thioether (sulfide) groups is 1. The highest BCUT2D eigenvalue weighted by Gasteiger charge is 2.31. The van der Waals surface area contributed by atoms with Gasteiger partial charge in [0, 0.05) is 29.5 Å². The molecule has 47 heavy (non-hydrogen) atoms. The molecule has 12 heteroatoms. The summed E-state index contributed by atoms with van der Waals surface area (Å²) in [6.45, 7) is 8.29. The molecule has 0 radical (unpaired) electrons. The van der Waals surface area contributed by atoms with Crippen molar-refractivity contribution in [2.24, 2.45) is 10.9 Å². The van der Waals surface area contributed by atoms with Crippen molar-refractivity contribution in [3.05, 3.63) is 90.0 Å². The van der Waals surface area contributed by atoms with Crippen LogP contribution in [0.2, 0.25) is 0 Å². The molecule has 1 aliphatic heterocycles. The van der Waals surface area contributed by atoms with Gasteiger partial charge in [-0.15, -0.1) is 18.3 Å². The quantitative estimate of drug-likeness (QED) is 0.157. The second-order valence-corrected chi connectivity index (χ2v) is 13.2. The molecule has 0 spiro atoms. The summed E-state index contributed by atoms with van der Waals surface area (Å²) in [5.41, 5.74) is 4.26. The van der Waals surface area contributed by atoms with Crippen molar-refractivity contribution in [2.45, 2.75) is 71.7 Å². The number of rotatable bonds is 10. The van der Waals surface area contributed by atoms with E-state index in [4.69, 9.17) is 0 Å². The van der Waals surface area contributed by atoms with Gasteiger partial charge >= 0.3 is 6.36 Å². The molecule has 2 atom stereocenters. The number of aromatic nitrogens is 3. The Labute approximate surface area is 276 Å². The SMILES string of the molecule is CC(CCC(=O)N=C1SCCC(C)N1c1ccc(F)cc1C(C)C)Cc1ccc(-c2ncn(-c3ccc(OC(F)(F)F)cc3)n2)cc1. The highest BCUT2D eigenvalue weighted by molar-refractivity contribution is 8.14. The third-order valence-electron chi connectivity index (χ3n) is 7.98. The number of amidine groups is 1. The lowest BCUT2D eigenvalue weighted by Gasteiger charge is -2.37. The second-order valence-electron chi connectivity index (χ2n) is 12.1. The van der Waals surface area contributed by atoms with Crippen LogP contribution in [-0.2, 0) is 11.2 Å². The maximum absolute atomic E-state index is 14.1. The van der Waals surface area contributed by atoms with E-state index in [1.807, 2.05) is 38.1 Å². The first-order chi connectivity index (χ1) is 22.4. The summed E-state index contributed by atoms with van der Waals surface area (Å²) >= 11 is 1.57. The molecule has 0 bridgehead atoms. The van der Waals surface area contributed by atoms with E-state index in [0.29, 0.717) is 29.5 Å². The average molecular weight is 668 g/mol. The van der Waals surface area contributed by atoms with Crippen LogP contribution in [0.1, 0.15) is 64.0 Å². The highest BCUT2D eigenvalue weighted by Crippen LogP contribution is 2.35. The van der Waals surface area contributed by atoms with E-state index in [1.54, 1.807) is 23.9 Å². The summed E-state index contributed by atoms with van der Waals surface area (Å²) in [4.78, 5) is 24.0. The number of carbonyl (C=O) groups is 1. The lowest BCUT2D eigenvalue weighted by molar-refractivity contribution is -0.274. The minimum Gasteiger partial charge on any atom is -0.406 e. The molecule has 1 saturated heterocycles. The monoisotopic (exact) mass is 667 g/mol. The number of hydrogen-bond donors (Lipinski definition) is 0. The van der Waals surface area contributed by atoms with Gasteiger partial charge in [-0.2, -0.15) is 4.99 Å². The smallest absolute Gasteiger partial charge is 0.406 e. The van der Waals surface area contributed by atoms with E-state index in [0.717, 1.165) is 41.0 Å². The van der Waals surface area contributed by atoms with Gasteiger partial charge in [-0.1, -0.05) is 56.8 Å². The van der Waals surface area contributed by atoms with Crippen molar-refractivity contribution < 1.29 is 27.1 Å². The van der Waals surface area contributed by atoms with Crippen molar-refractivity contribution in [3.63, 3.8) is 0 Å². The van der Waals surface area contributed by atoms with E-state index in [2.05, 4.69) is 38.6 Å². The first kappa shape index (κ1) is 34.2. The maximum Gasteiger partial charge on any atom is 0.573 e. The molecule has 0 aliphatic carbocycles. The summed E-state index contributed by atoms with van der Waals surface area (Å²) in [7, 11) is 0. The molecule has 4 aromatic rings. The van der Waals surface area contributed by atoms with Crippen molar-refractivity contribution in [3.8, 4) is 22.8 Å². The van der Waals surface area contributed by atoms with Crippen LogP contribution < -0.4 is 9.64 Å². The number of ether oxygens (including phenoxy) is 1. The molecule has 2 unspecified atom stereocenters. The normalized spacial score (nSPS) is 16.9. The molecule has 0 N–H and O–H groups in total. The predicted molar refractivity (Wildman–Crippen MR) is 178 cm³/mol. The largest absolute Gasteiger partial charge is 0.573 e. The van der Waals surface area contributed by atoms with Gasteiger partial charge in [0.1, 0.15) is 17.9 Å². The van der Waals surface area contributed by atoms with E-state index >= 15 is 0 Å². The number of anilines is 1. The van der Waals surface area contributed by atoms with Gasteiger partial charge < -0.3 is 9.64 Å². The molecule has 248 valence electrons. The molecule has 3 aromatic carbocycles. The molecule has 1 aromatic heterocycles. The zero-order chi connectivity index (χ0) is 33.7. The van der Waals surface area contributed by atoms with Gasteiger partial charge in [0.15, 0.2) is 11.0 Å². The van der Waals surface area contributed by atoms with Crippen LogP contribution in [0, 0.1) is 11.7 Å². The summed E-state index contributed by atoms with van der Waals surface area (Å²) in [6.07, 6.45) is -0.512. The maximum atomic E-state index is 14.1. The Balaban J connectivity index is 1.17. The van der Waals surface area contributed by atoms with Crippen molar-refractivity contribution in [1.82, 2.24) is 14.8 Å². The number of carbonyl (C=O) groups excluding carboxylic acids is 1. The Bertz CT molecular complexity index is 1700. The Kier molecular flexibility index (Phi) is 10.7. The highest BCUT2D eigenvalue weighted by atomic mass is 32.2. The third-order valence-corrected chi connectivity index (χ3v) is 8.97. The van der Waals surface area contributed by atoms with Gasteiger partial charge in [-0.05, 0) is 91.6 Å². The molecule has 0 saturated carbocycles. The first-order valence-corrected chi connectivity index (χ1v) is 16.5. The lowest BCUT2D eigenvalue weighted by atomic mass is 9.96. The molecule has 1 aliphatic rings. The zero-order valence-electron chi connectivity index (χ0n) is 26.7. The molecule has 1 amide bonds. The van der Waals surface area contributed by atoms with Crippen molar-refractivity contribution in [2.75, 3.05) is 10.7 Å². The van der Waals surface area contributed by atoms with Crippen LogP contribution in [-0.4, -0.2) is 44.0 Å². The number of halogens is 4. The fourth-order valence-corrected chi connectivity index (χ4v) is 6.71. The molecular weight excluding hydrogens is 630 g/mol. The second kappa shape index (κ2) is 14.7. The van der Waals surface area contributed by atoms with Crippen LogP contribution in [0.4, 0.5) is 23.2 Å². The van der Waals surface area contributed by atoms with Crippen molar-refractivity contribution >= 4 is 28.5 Å². The fraction of sp³-hybridized carbons (Fsp3) is 0.371. The predicted octanol–water partition coefficient (Wildman–Crippen LogP) is 8.97. The summed E-state index contributed by atoms with van der Waals surface area (Å²) < 4.78 is 56.8. The van der Waals surface area contributed by atoms with Gasteiger partial charge in [0.05, 0.1) is 5.69 Å². The van der Waals surface area contributed by atoms with Gasteiger partial charge in [-0.3, -0.25) is 4.79 Å². The third kappa shape index (κ3) is 9.00. The van der Waals surface area contributed by atoms with E-state index < -0.39 is 6.36 Å². The van der Waals surface area contributed by atoms with E-state index in [-0.39, 0.29) is 35.4 Å². The number of nitrogens with zero attached hydrogens (tertiary/aromatic N) is 5. The van der Waals surface area contributed by atoms with Crippen LogP contribution in [0.15, 0.2) is 78.0 Å². The van der Waals surface area contributed by atoms with E-state index in [9.17, 15) is 22.4 Å². The van der Waals surface area contributed by atoms with Crippen LogP contribution in [0.25, 0.3) is 17.1 Å². The average Bonchev–Trinajstić information content (AvgIpc) is 3.51. The Morgan fingerprint density at radius 1 is 1.06 bits per heavy atom. The Hall–Kier alpha value is -4.19. The molecule has 5 rings (SSSR count). The summed E-state index contributed by atoms with van der Waals surface area (Å²) in [5, 5.41) is 5.13. The standard InChI is InChI=1S/C35H37F4N5O2S/c1-22(2)30-20-27(36)10-15-31(30)44-24(4)17-18-47-34(44)41-32(45)16-5-23(3)19-25-6-8-26(9-7-25)33-40-21-43(42-33)28-11-13-29(14-12-28)46-35(37,38)39/h6-15,20-24H,5,16-19H2,1-4H3. The van der Waals surface area contributed by atoms with Gasteiger partial charge in [0.25, 0.3) is 0 Å². The molecular formula is C35H37F4N5O2S. The number of amides is 1. The lowest BCUT2D eigenvalue weighted by Crippen LogP contribution is -2.42. The topological polar surface area (TPSA) is 72.6 Å². The van der Waals surface area contributed by atoms with Crippen LogP contribution >= 0.6 is 11.8 Å². The Morgan fingerprint density at radius 2 is 1.79 bits per heavy atom. The molecule has 1 fully saturated rings. The number of aliphatic imine (C=N–C) groups is 1. The fourth-order valence-electron chi connectivity index (χ4n) is 5.49. The summed E-state index contributed by atoms with van der Waals surface area (Å²) in [5.74, 6) is 0.975. The minimum atomic E-state index is -4.75. The number of benzene rings is 3. The Morgan fingerprint density at radius 3 is 2.47 bits per heavy atom. The summed E-state index contributed by atoms with van der Waals surface area (Å²) in [6, 6.07) is 18.2. The number of hydrogen-bond acceptors (Lipinski definition) is 5.